The van der Waals surface area contributed by atoms with Gasteiger partial charge >= 0.3 is 0 Å². The van der Waals surface area contributed by atoms with Crippen molar-refractivity contribution in [1.82, 2.24) is 10.2 Å². The minimum atomic E-state index is -1.36. The van der Waals surface area contributed by atoms with Crippen LogP contribution in [0.2, 0.25) is 0 Å². The van der Waals surface area contributed by atoms with Crippen LogP contribution in [0.4, 0.5) is 5.69 Å². The Morgan fingerprint density at radius 1 is 0.833 bits per heavy atom. The molecule has 0 unspecified atom stereocenters. The molecule has 2 saturated heterocycles. The van der Waals surface area contributed by atoms with Crippen LogP contribution in [0, 0.1) is 11.8 Å². The van der Waals surface area contributed by atoms with Gasteiger partial charge in [-0.3, -0.25) is 24.6 Å². The molecule has 36 heavy (non-hydrogen) atoms. The first kappa shape index (κ1) is 22.3. The van der Waals surface area contributed by atoms with Crippen LogP contribution < -0.4 is 10.6 Å². The minimum absolute atomic E-state index is 0.237. The summed E-state index contributed by atoms with van der Waals surface area (Å²) in [5.74, 6) is -3.14. The predicted octanol–water partition coefficient (Wildman–Crippen LogP) is 2.30. The molecular weight excluding hydrogens is 458 g/mol. The molecule has 0 radical (unpaired) electrons. The first-order valence-electron chi connectivity index (χ1n) is 12.0. The van der Waals surface area contributed by atoms with Crippen molar-refractivity contribution in [3.8, 4) is 11.5 Å². The van der Waals surface area contributed by atoms with Crippen LogP contribution in [0.25, 0.3) is 0 Å². The molecule has 8 heteroatoms. The third-order valence-corrected chi connectivity index (χ3v) is 7.68. The number of nitrogens with one attached hydrogen (secondary N) is 2. The van der Waals surface area contributed by atoms with Crippen LogP contribution in [0.3, 0.4) is 0 Å². The number of phenols is 2. The van der Waals surface area contributed by atoms with Gasteiger partial charge in [0, 0.05) is 23.8 Å². The molecule has 182 valence electrons. The number of carbonyl (C=O) groups is 3. The van der Waals surface area contributed by atoms with Gasteiger partial charge in [0.1, 0.15) is 5.54 Å². The van der Waals surface area contributed by atoms with E-state index in [1.165, 1.54) is 17.0 Å². The lowest BCUT2D eigenvalue weighted by Crippen LogP contribution is -2.53. The van der Waals surface area contributed by atoms with Gasteiger partial charge in [0.2, 0.25) is 17.7 Å². The smallest absolute Gasteiger partial charge is 0.250 e. The zero-order valence-corrected chi connectivity index (χ0v) is 19.3. The number of nitrogens with zero attached hydrogens (tertiary/aromatic N) is 1. The number of likely N-dealkylation sites (tertiary alicyclic amines) is 1. The third-order valence-electron chi connectivity index (χ3n) is 7.68. The Morgan fingerprint density at radius 2 is 1.58 bits per heavy atom. The van der Waals surface area contributed by atoms with E-state index in [-0.39, 0.29) is 42.2 Å². The van der Waals surface area contributed by atoms with E-state index in [9.17, 15) is 24.6 Å². The fraction of sp³-hybridized carbons (Fsp3) is 0.250. The lowest BCUT2D eigenvalue weighted by Gasteiger charge is -2.29. The van der Waals surface area contributed by atoms with Crippen molar-refractivity contribution in [2.24, 2.45) is 11.8 Å². The molecule has 0 aromatic heterocycles. The molecule has 0 saturated carbocycles. The van der Waals surface area contributed by atoms with E-state index < -0.39 is 23.4 Å². The third kappa shape index (κ3) is 3.21. The lowest BCUT2D eigenvalue weighted by molar-refractivity contribution is -0.142. The maximum Gasteiger partial charge on any atom is 0.250 e. The first-order chi connectivity index (χ1) is 17.4. The van der Waals surface area contributed by atoms with Crippen molar-refractivity contribution in [1.29, 1.82) is 0 Å². The molecule has 0 bridgehead atoms. The average molecular weight is 484 g/mol. The Hall–Kier alpha value is -4.17. The second-order valence-corrected chi connectivity index (χ2v) is 9.65. The molecule has 0 aliphatic carbocycles. The summed E-state index contributed by atoms with van der Waals surface area (Å²) in [4.78, 5) is 42.4. The molecule has 4 atom stereocenters. The van der Waals surface area contributed by atoms with Crippen molar-refractivity contribution < 1.29 is 24.6 Å². The fourth-order valence-corrected chi connectivity index (χ4v) is 6.05. The summed E-state index contributed by atoms with van der Waals surface area (Å²) in [6.45, 7) is 0.237. The van der Waals surface area contributed by atoms with Crippen molar-refractivity contribution in [3.05, 3.63) is 89.5 Å². The number of anilines is 1. The summed E-state index contributed by atoms with van der Waals surface area (Å²) in [6, 6.07) is 20.8. The summed E-state index contributed by atoms with van der Waals surface area (Å²) in [5.41, 5.74) is 1.61. The Kier molecular flexibility index (Phi) is 5.08. The SMILES string of the molecule is O=C1[C@@H]2[C@@H](C(=O)N1CCc1ccccc1)[C@]1(N[C@@H]2Cc2ccc(O)c(O)c2)C(=O)Nc2ccccc21. The van der Waals surface area contributed by atoms with Gasteiger partial charge in [-0.1, -0.05) is 54.6 Å². The lowest BCUT2D eigenvalue weighted by atomic mass is 9.76. The molecule has 8 nitrogen and oxygen atoms in total. The van der Waals surface area contributed by atoms with Crippen LogP contribution in [-0.2, 0) is 32.8 Å². The molecule has 3 aliphatic heterocycles. The highest BCUT2D eigenvalue weighted by atomic mass is 16.3. The number of phenolic OH excluding ortho intramolecular Hbond substituents is 2. The fourth-order valence-electron chi connectivity index (χ4n) is 6.05. The van der Waals surface area contributed by atoms with Gasteiger partial charge in [0.25, 0.3) is 0 Å². The van der Waals surface area contributed by atoms with Gasteiger partial charge < -0.3 is 15.5 Å². The highest BCUT2D eigenvalue weighted by Crippen LogP contribution is 2.53. The molecule has 3 heterocycles. The first-order valence-corrected chi connectivity index (χ1v) is 12.0. The van der Waals surface area contributed by atoms with Gasteiger partial charge in [0.15, 0.2) is 11.5 Å². The van der Waals surface area contributed by atoms with Crippen LogP contribution >= 0.6 is 0 Å². The van der Waals surface area contributed by atoms with Crippen molar-refractivity contribution in [2.45, 2.75) is 24.4 Å². The van der Waals surface area contributed by atoms with E-state index in [1.807, 2.05) is 48.5 Å². The number of para-hydroxylation sites is 1. The summed E-state index contributed by atoms with van der Waals surface area (Å²) in [6.07, 6.45) is 0.815. The quantitative estimate of drug-likeness (QED) is 0.327. The van der Waals surface area contributed by atoms with Gasteiger partial charge in [0.05, 0.1) is 11.8 Å². The maximum absolute atomic E-state index is 13.8. The average Bonchev–Trinajstić information content (AvgIpc) is 3.45. The number of hydrogen-bond acceptors (Lipinski definition) is 6. The second kappa shape index (κ2) is 8.20. The van der Waals surface area contributed by atoms with Crippen LogP contribution in [0.1, 0.15) is 16.7 Å². The second-order valence-electron chi connectivity index (χ2n) is 9.65. The number of carbonyl (C=O) groups excluding carboxylic acids is 3. The summed E-state index contributed by atoms with van der Waals surface area (Å²) >= 11 is 0. The summed E-state index contributed by atoms with van der Waals surface area (Å²) < 4.78 is 0. The molecule has 6 rings (SSSR count). The number of rotatable bonds is 5. The van der Waals surface area contributed by atoms with Crippen LogP contribution in [0.15, 0.2) is 72.8 Å². The zero-order valence-electron chi connectivity index (χ0n) is 19.3. The van der Waals surface area contributed by atoms with E-state index in [0.29, 0.717) is 23.2 Å². The maximum atomic E-state index is 13.8. The topological polar surface area (TPSA) is 119 Å². The Bertz CT molecular complexity index is 1390. The van der Waals surface area contributed by atoms with Crippen LogP contribution in [-0.4, -0.2) is 45.4 Å². The van der Waals surface area contributed by atoms with E-state index >= 15 is 0 Å². The predicted molar refractivity (Wildman–Crippen MR) is 131 cm³/mol. The van der Waals surface area contributed by atoms with E-state index in [2.05, 4.69) is 10.6 Å². The normalized spacial score (nSPS) is 26.4. The van der Waals surface area contributed by atoms with Crippen molar-refractivity contribution >= 4 is 23.4 Å². The Balaban J connectivity index is 1.39. The van der Waals surface area contributed by atoms with E-state index in [1.54, 1.807) is 12.1 Å². The van der Waals surface area contributed by atoms with Crippen molar-refractivity contribution in [2.75, 3.05) is 11.9 Å². The van der Waals surface area contributed by atoms with E-state index in [0.717, 1.165) is 5.56 Å². The summed E-state index contributed by atoms with van der Waals surface area (Å²) in [7, 11) is 0. The summed E-state index contributed by atoms with van der Waals surface area (Å²) in [5, 5.41) is 26.0. The largest absolute Gasteiger partial charge is 0.504 e. The van der Waals surface area contributed by atoms with Crippen molar-refractivity contribution in [3.63, 3.8) is 0 Å². The monoisotopic (exact) mass is 483 g/mol. The highest BCUT2D eigenvalue weighted by Gasteiger charge is 2.70. The number of imide groups is 1. The molecular formula is C28H25N3O5. The molecule has 3 aromatic rings. The van der Waals surface area contributed by atoms with Gasteiger partial charge in [-0.15, -0.1) is 0 Å². The highest BCUT2D eigenvalue weighted by molar-refractivity contribution is 6.15. The molecule has 3 aliphatic rings. The number of benzene rings is 3. The van der Waals surface area contributed by atoms with Gasteiger partial charge in [-0.05, 0) is 42.2 Å². The van der Waals surface area contributed by atoms with E-state index in [4.69, 9.17) is 0 Å². The number of hydrogen-bond donors (Lipinski definition) is 4. The molecule has 1 spiro atoms. The molecule has 4 N–H and O–H groups in total. The number of amides is 3. The number of fused-ring (bicyclic) bond motifs is 4. The van der Waals surface area contributed by atoms with Crippen LogP contribution in [0.5, 0.6) is 11.5 Å². The van der Waals surface area contributed by atoms with Gasteiger partial charge in [-0.25, -0.2) is 0 Å². The molecule has 2 fully saturated rings. The zero-order chi connectivity index (χ0) is 25.0. The Labute approximate surface area is 207 Å². The van der Waals surface area contributed by atoms with Gasteiger partial charge in [-0.2, -0.15) is 0 Å². The number of aromatic hydroxyl groups is 2. The Morgan fingerprint density at radius 3 is 2.36 bits per heavy atom. The standard InChI is InChI=1S/C28H25N3O5/c32-21-11-10-17(15-22(21)33)14-20-23-24(28(30-20)18-8-4-5-9-19(18)29-27(28)36)26(35)31(25(23)34)13-12-16-6-2-1-3-7-16/h1-11,15,20,23-24,30,32-33H,12-14H2,(H,29,36)/t20-,23+,24+,28+/m1/s1. The molecule has 3 amide bonds. The minimum Gasteiger partial charge on any atom is -0.504 e. The molecule has 3 aromatic carbocycles.